The van der Waals surface area contributed by atoms with Gasteiger partial charge in [-0.1, -0.05) is 25.1 Å². The molecule has 0 radical (unpaired) electrons. The Bertz CT molecular complexity index is 574. The summed E-state index contributed by atoms with van der Waals surface area (Å²) in [7, 11) is 1.77. The van der Waals surface area contributed by atoms with Crippen LogP contribution in [0.4, 0.5) is 0 Å². The van der Waals surface area contributed by atoms with Crippen molar-refractivity contribution >= 4 is 10.9 Å². The van der Waals surface area contributed by atoms with E-state index in [1.54, 1.807) is 7.11 Å². The molecule has 21 heavy (non-hydrogen) atoms. The van der Waals surface area contributed by atoms with E-state index in [9.17, 15) is 0 Å². The number of rotatable bonds is 8. The Kier molecular flexibility index (Phi) is 5.37. The molecule has 2 rings (SSSR count). The zero-order valence-corrected chi connectivity index (χ0v) is 13.6. The molecule has 0 saturated heterocycles. The van der Waals surface area contributed by atoms with Crippen LogP contribution in [-0.2, 0) is 17.8 Å². The molecule has 0 atom stereocenters. The van der Waals surface area contributed by atoms with Gasteiger partial charge in [-0.25, -0.2) is 0 Å². The standard InChI is InChI=1S/C17H27N3O/c1-5-11-18-13-15-14-8-6-7-9-16(14)20(19-15)12-10-17(2,3)21-4/h6-9,18H,5,10-13H2,1-4H3. The van der Waals surface area contributed by atoms with Crippen molar-refractivity contribution in [1.29, 1.82) is 0 Å². The van der Waals surface area contributed by atoms with Crippen LogP contribution < -0.4 is 5.32 Å². The van der Waals surface area contributed by atoms with Crippen LogP contribution in [0.5, 0.6) is 0 Å². The van der Waals surface area contributed by atoms with Crippen LogP contribution in [0.25, 0.3) is 10.9 Å². The molecule has 0 aliphatic rings. The van der Waals surface area contributed by atoms with E-state index in [0.29, 0.717) is 0 Å². The lowest BCUT2D eigenvalue weighted by Gasteiger charge is -2.22. The van der Waals surface area contributed by atoms with Crippen LogP contribution in [-0.4, -0.2) is 29.0 Å². The molecule has 2 aromatic rings. The number of ether oxygens (including phenoxy) is 1. The molecule has 4 heteroatoms. The summed E-state index contributed by atoms with van der Waals surface area (Å²) >= 11 is 0. The van der Waals surface area contributed by atoms with Crippen molar-refractivity contribution in [2.45, 2.75) is 52.3 Å². The van der Waals surface area contributed by atoms with Crippen molar-refractivity contribution in [3.63, 3.8) is 0 Å². The van der Waals surface area contributed by atoms with Crippen molar-refractivity contribution < 1.29 is 4.74 Å². The zero-order chi connectivity index (χ0) is 15.3. The van der Waals surface area contributed by atoms with E-state index in [1.165, 1.54) is 10.9 Å². The predicted molar refractivity (Wildman–Crippen MR) is 87.4 cm³/mol. The number of methoxy groups -OCH3 is 1. The Labute approximate surface area is 127 Å². The minimum absolute atomic E-state index is 0.117. The summed E-state index contributed by atoms with van der Waals surface area (Å²) in [6, 6.07) is 8.46. The highest BCUT2D eigenvalue weighted by molar-refractivity contribution is 5.81. The lowest BCUT2D eigenvalue weighted by molar-refractivity contribution is 0.0115. The van der Waals surface area contributed by atoms with Gasteiger partial charge in [0.1, 0.15) is 0 Å². The maximum absolute atomic E-state index is 5.50. The largest absolute Gasteiger partial charge is 0.379 e. The second kappa shape index (κ2) is 7.05. The maximum Gasteiger partial charge on any atom is 0.0841 e. The summed E-state index contributed by atoms with van der Waals surface area (Å²) in [5, 5.41) is 9.48. The van der Waals surface area contributed by atoms with Gasteiger partial charge in [-0.3, -0.25) is 4.68 Å². The Balaban J connectivity index is 2.19. The lowest BCUT2D eigenvalue weighted by atomic mass is 10.1. The summed E-state index contributed by atoms with van der Waals surface area (Å²) in [6.45, 7) is 9.13. The Morgan fingerprint density at radius 2 is 2.05 bits per heavy atom. The molecule has 0 amide bonds. The highest BCUT2D eigenvalue weighted by Crippen LogP contribution is 2.21. The first-order valence-electron chi connectivity index (χ1n) is 7.77. The van der Waals surface area contributed by atoms with Gasteiger partial charge in [0, 0.05) is 25.6 Å². The number of aromatic nitrogens is 2. The van der Waals surface area contributed by atoms with Crippen LogP contribution in [0.1, 0.15) is 39.3 Å². The first kappa shape index (κ1) is 16.0. The fourth-order valence-corrected chi connectivity index (χ4v) is 2.36. The second-order valence-corrected chi connectivity index (χ2v) is 6.08. The second-order valence-electron chi connectivity index (χ2n) is 6.08. The third kappa shape index (κ3) is 4.05. The smallest absolute Gasteiger partial charge is 0.0841 e. The molecule has 0 aliphatic carbocycles. The highest BCUT2D eigenvalue weighted by Gasteiger charge is 2.17. The molecule has 0 fully saturated rings. The molecule has 116 valence electrons. The van der Waals surface area contributed by atoms with Crippen LogP contribution in [0.3, 0.4) is 0 Å². The number of nitrogens with zero attached hydrogens (tertiary/aromatic N) is 2. The lowest BCUT2D eigenvalue weighted by Crippen LogP contribution is -2.24. The Hall–Kier alpha value is -1.39. The van der Waals surface area contributed by atoms with E-state index in [1.807, 2.05) is 0 Å². The molecule has 0 spiro atoms. The summed E-state index contributed by atoms with van der Waals surface area (Å²) in [5.74, 6) is 0. The van der Waals surface area contributed by atoms with Crippen LogP contribution in [0.15, 0.2) is 24.3 Å². The fraction of sp³-hybridized carbons (Fsp3) is 0.588. The SMILES string of the molecule is CCCNCc1nn(CCC(C)(C)OC)c2ccccc12. The maximum atomic E-state index is 5.50. The van der Waals surface area contributed by atoms with Crippen molar-refractivity contribution in [3.8, 4) is 0 Å². The summed E-state index contributed by atoms with van der Waals surface area (Å²) in [5.41, 5.74) is 2.22. The molecule has 0 bridgehead atoms. The van der Waals surface area contributed by atoms with Crippen molar-refractivity contribution in [2.75, 3.05) is 13.7 Å². The van der Waals surface area contributed by atoms with Gasteiger partial charge in [0.15, 0.2) is 0 Å². The molecule has 0 aliphatic heterocycles. The van der Waals surface area contributed by atoms with Crippen LogP contribution >= 0.6 is 0 Å². The number of aryl methyl sites for hydroxylation is 1. The van der Waals surface area contributed by atoms with Crippen LogP contribution in [0, 0.1) is 0 Å². The van der Waals surface area contributed by atoms with Gasteiger partial charge in [-0.2, -0.15) is 5.10 Å². The average Bonchev–Trinajstić information content (AvgIpc) is 2.84. The summed E-state index contributed by atoms with van der Waals surface area (Å²) in [6.07, 6.45) is 2.08. The first-order valence-corrected chi connectivity index (χ1v) is 7.77. The molecule has 1 N–H and O–H groups in total. The topological polar surface area (TPSA) is 39.1 Å². The highest BCUT2D eigenvalue weighted by atomic mass is 16.5. The van der Waals surface area contributed by atoms with Gasteiger partial charge in [0.2, 0.25) is 0 Å². The van der Waals surface area contributed by atoms with Crippen LogP contribution in [0.2, 0.25) is 0 Å². The number of hydrogen-bond acceptors (Lipinski definition) is 3. The molecular weight excluding hydrogens is 262 g/mol. The number of hydrogen-bond donors (Lipinski definition) is 1. The molecule has 1 aromatic carbocycles. The predicted octanol–water partition coefficient (Wildman–Crippen LogP) is 3.35. The molecule has 0 unspecified atom stereocenters. The first-order chi connectivity index (χ1) is 10.1. The minimum Gasteiger partial charge on any atom is -0.379 e. The number of para-hydroxylation sites is 1. The Morgan fingerprint density at radius 3 is 2.76 bits per heavy atom. The minimum atomic E-state index is -0.117. The quantitative estimate of drug-likeness (QED) is 0.757. The molecule has 1 heterocycles. The van der Waals surface area contributed by atoms with Gasteiger partial charge in [-0.05, 0) is 39.3 Å². The van der Waals surface area contributed by atoms with Gasteiger partial charge < -0.3 is 10.1 Å². The molecule has 1 aromatic heterocycles. The molecule has 0 saturated carbocycles. The van der Waals surface area contributed by atoms with E-state index < -0.39 is 0 Å². The van der Waals surface area contributed by atoms with Crippen molar-refractivity contribution in [2.24, 2.45) is 0 Å². The van der Waals surface area contributed by atoms with E-state index in [-0.39, 0.29) is 5.60 Å². The number of nitrogens with one attached hydrogen (secondary N) is 1. The Morgan fingerprint density at radius 1 is 1.29 bits per heavy atom. The van der Waals surface area contributed by atoms with Crippen molar-refractivity contribution in [1.82, 2.24) is 15.1 Å². The van der Waals surface area contributed by atoms with Gasteiger partial charge >= 0.3 is 0 Å². The van der Waals surface area contributed by atoms with E-state index in [4.69, 9.17) is 9.84 Å². The third-order valence-electron chi connectivity index (χ3n) is 3.93. The summed E-state index contributed by atoms with van der Waals surface area (Å²) in [4.78, 5) is 0. The van der Waals surface area contributed by atoms with E-state index in [0.717, 1.165) is 38.2 Å². The fourth-order valence-electron chi connectivity index (χ4n) is 2.36. The van der Waals surface area contributed by atoms with Gasteiger partial charge in [-0.15, -0.1) is 0 Å². The van der Waals surface area contributed by atoms with E-state index >= 15 is 0 Å². The van der Waals surface area contributed by atoms with E-state index in [2.05, 4.69) is 55.0 Å². The molecular formula is C17H27N3O. The van der Waals surface area contributed by atoms with Gasteiger partial charge in [0.05, 0.1) is 16.8 Å². The zero-order valence-electron chi connectivity index (χ0n) is 13.6. The number of fused-ring (bicyclic) bond motifs is 1. The van der Waals surface area contributed by atoms with Gasteiger partial charge in [0.25, 0.3) is 0 Å². The summed E-state index contributed by atoms with van der Waals surface area (Å²) < 4.78 is 7.61. The normalized spacial score (nSPS) is 12.2. The van der Waals surface area contributed by atoms with Crippen molar-refractivity contribution in [3.05, 3.63) is 30.0 Å². The third-order valence-corrected chi connectivity index (χ3v) is 3.93. The number of benzene rings is 1. The monoisotopic (exact) mass is 289 g/mol. The average molecular weight is 289 g/mol. The molecule has 4 nitrogen and oxygen atoms in total.